The third-order valence-electron chi connectivity index (χ3n) is 7.56. The van der Waals surface area contributed by atoms with Crippen molar-refractivity contribution in [3.63, 3.8) is 0 Å². The molecule has 55 heavy (non-hydrogen) atoms. The molecular weight excluding hydrogens is 724 g/mol. The standard InChI is InChI=1S/C35H58N8O12/c1-33(2,3)53-30(50)39-16-14-38(15-17-40(31(51)54-34(4,5)6)19-21-41(20-18-39)32(52)55-35(7,8)9)22-26(45)36-11-13-42(24-28(47)48)27(46)23-43-12-10-25(44)37-29(43)49/h10,12H,11,13-24H2,1-9H3,(H,36,45)(H,47,48)(H,37,44,49). The summed E-state index contributed by atoms with van der Waals surface area (Å²) in [6, 6.07) is 1.05. The van der Waals surface area contributed by atoms with Crippen molar-refractivity contribution in [1.29, 1.82) is 0 Å². The Balaban J connectivity index is 2.26. The van der Waals surface area contributed by atoms with Gasteiger partial charge in [0.25, 0.3) is 5.56 Å². The smallest absolute Gasteiger partial charge is 0.410 e. The highest BCUT2D eigenvalue weighted by Gasteiger charge is 2.30. The van der Waals surface area contributed by atoms with Crippen LogP contribution in [0.3, 0.4) is 0 Å². The molecule has 5 amide bonds. The third kappa shape index (κ3) is 18.2. The van der Waals surface area contributed by atoms with Crippen molar-refractivity contribution < 1.29 is 48.1 Å². The molecule has 310 valence electrons. The molecule has 3 N–H and O–H groups in total. The zero-order valence-corrected chi connectivity index (χ0v) is 33.5. The van der Waals surface area contributed by atoms with Crippen LogP contribution in [0.15, 0.2) is 21.9 Å². The van der Waals surface area contributed by atoms with E-state index >= 15 is 0 Å². The Morgan fingerprint density at radius 2 is 1.13 bits per heavy atom. The fourth-order valence-corrected chi connectivity index (χ4v) is 5.00. The highest BCUT2D eigenvalue weighted by atomic mass is 16.6. The van der Waals surface area contributed by atoms with E-state index in [1.807, 2.05) is 4.98 Å². The number of aromatic amines is 1. The number of amides is 5. The van der Waals surface area contributed by atoms with Crippen LogP contribution in [0.4, 0.5) is 14.4 Å². The number of nitrogens with zero attached hydrogens (tertiary/aromatic N) is 6. The van der Waals surface area contributed by atoms with Crippen molar-refractivity contribution >= 4 is 36.1 Å². The van der Waals surface area contributed by atoms with Crippen LogP contribution >= 0.6 is 0 Å². The first-order valence-corrected chi connectivity index (χ1v) is 18.0. The summed E-state index contributed by atoms with van der Waals surface area (Å²) in [6.07, 6.45) is -0.756. The molecule has 2 heterocycles. The largest absolute Gasteiger partial charge is 0.480 e. The summed E-state index contributed by atoms with van der Waals surface area (Å²) in [6.45, 7) is 14.5. The van der Waals surface area contributed by atoms with Gasteiger partial charge in [0.1, 0.15) is 29.9 Å². The summed E-state index contributed by atoms with van der Waals surface area (Å²) < 4.78 is 17.8. The summed E-state index contributed by atoms with van der Waals surface area (Å²) in [5, 5.41) is 12.0. The molecule has 0 radical (unpaired) electrons. The van der Waals surface area contributed by atoms with E-state index in [0.29, 0.717) is 0 Å². The normalized spacial score (nSPS) is 15.3. The van der Waals surface area contributed by atoms with Crippen molar-refractivity contribution in [1.82, 2.24) is 39.4 Å². The highest BCUT2D eigenvalue weighted by molar-refractivity contribution is 5.81. The van der Waals surface area contributed by atoms with Gasteiger partial charge < -0.3 is 44.2 Å². The van der Waals surface area contributed by atoms with Gasteiger partial charge in [-0.2, -0.15) is 0 Å². The molecule has 20 nitrogen and oxygen atoms in total. The monoisotopic (exact) mass is 782 g/mol. The predicted molar refractivity (Wildman–Crippen MR) is 198 cm³/mol. The molecule has 1 aromatic rings. The second-order valence-corrected chi connectivity index (χ2v) is 16.0. The molecule has 1 aliphatic rings. The van der Waals surface area contributed by atoms with Gasteiger partial charge in [-0.15, -0.1) is 0 Å². The lowest BCUT2D eigenvalue weighted by atomic mass is 10.2. The van der Waals surface area contributed by atoms with E-state index in [9.17, 15) is 43.5 Å². The molecule has 0 aromatic carbocycles. The number of hydrogen-bond donors (Lipinski definition) is 3. The van der Waals surface area contributed by atoms with Gasteiger partial charge in [-0.25, -0.2) is 19.2 Å². The minimum absolute atomic E-state index is 0.0548. The molecule has 0 saturated carbocycles. The molecule has 1 aliphatic heterocycles. The van der Waals surface area contributed by atoms with Crippen molar-refractivity contribution in [2.45, 2.75) is 85.7 Å². The lowest BCUT2D eigenvalue weighted by Crippen LogP contribution is -2.52. The maximum absolute atomic E-state index is 13.3. The molecule has 0 unspecified atom stereocenters. The number of hydrogen-bond acceptors (Lipinski definition) is 12. The fraction of sp³-hybridized carbons (Fsp3) is 0.714. The molecular formula is C35H58N8O12. The highest BCUT2D eigenvalue weighted by Crippen LogP contribution is 2.15. The van der Waals surface area contributed by atoms with Crippen molar-refractivity contribution in [2.75, 3.05) is 78.5 Å². The number of carbonyl (C=O) groups excluding carboxylic acids is 5. The molecule has 1 fully saturated rings. The van der Waals surface area contributed by atoms with Crippen LogP contribution < -0.4 is 16.6 Å². The van der Waals surface area contributed by atoms with Crippen LogP contribution in [-0.2, 0) is 35.1 Å². The molecule has 0 aliphatic carbocycles. The lowest BCUT2D eigenvalue weighted by molar-refractivity contribution is -0.144. The van der Waals surface area contributed by atoms with E-state index < -0.39 is 77.2 Å². The number of carboxylic acid groups (broad SMARTS) is 1. The van der Waals surface area contributed by atoms with Gasteiger partial charge in [-0.05, 0) is 62.3 Å². The second kappa shape index (κ2) is 20.0. The Kier molecular flexibility index (Phi) is 16.7. The van der Waals surface area contributed by atoms with Crippen LogP contribution in [0, 0.1) is 0 Å². The molecule has 2 rings (SSSR count). The lowest BCUT2D eigenvalue weighted by Gasteiger charge is -2.35. The number of H-pyrrole nitrogens is 1. The van der Waals surface area contributed by atoms with Gasteiger partial charge in [0.15, 0.2) is 0 Å². The van der Waals surface area contributed by atoms with Gasteiger partial charge >= 0.3 is 29.9 Å². The molecule has 20 heteroatoms. The van der Waals surface area contributed by atoms with E-state index in [-0.39, 0.29) is 72.0 Å². The quantitative estimate of drug-likeness (QED) is 0.292. The molecule has 1 aromatic heterocycles. The van der Waals surface area contributed by atoms with Gasteiger partial charge in [0.05, 0.1) is 6.54 Å². The van der Waals surface area contributed by atoms with Gasteiger partial charge in [0, 0.05) is 77.7 Å². The minimum atomic E-state index is -1.31. The fourth-order valence-electron chi connectivity index (χ4n) is 5.00. The Labute approximate surface area is 320 Å². The van der Waals surface area contributed by atoms with Gasteiger partial charge in [-0.3, -0.25) is 33.6 Å². The number of nitrogens with one attached hydrogen (secondary N) is 2. The SMILES string of the molecule is CC(C)(C)OC(=O)N1CCN(CC(=O)NCCN(CC(=O)O)C(=O)Cn2ccc(=O)[nH]c2=O)CCN(C(=O)OC(C)(C)C)CCN(C(=O)OC(C)(C)C)CC1. The summed E-state index contributed by atoms with van der Waals surface area (Å²) in [4.78, 5) is 110. The first kappa shape index (κ1) is 46.0. The zero-order chi connectivity index (χ0) is 41.7. The van der Waals surface area contributed by atoms with Crippen molar-refractivity contribution in [3.05, 3.63) is 33.1 Å². The summed E-state index contributed by atoms with van der Waals surface area (Å²) in [5.74, 6) is -2.54. The number of aliphatic carboxylic acids is 1. The maximum Gasteiger partial charge on any atom is 0.410 e. The van der Waals surface area contributed by atoms with E-state index in [1.165, 1.54) is 14.7 Å². The Hall–Kier alpha value is -5.14. The zero-order valence-electron chi connectivity index (χ0n) is 33.5. The topological polar surface area (TPSA) is 233 Å². The van der Waals surface area contributed by atoms with Crippen LogP contribution in [0.25, 0.3) is 0 Å². The summed E-state index contributed by atoms with van der Waals surface area (Å²) in [7, 11) is 0. The molecule has 0 spiro atoms. The predicted octanol–water partition coefficient (Wildman–Crippen LogP) is 0.593. The first-order chi connectivity index (χ1) is 25.3. The van der Waals surface area contributed by atoms with Crippen LogP contribution in [0.2, 0.25) is 0 Å². The number of ether oxygens (including phenoxy) is 3. The maximum atomic E-state index is 13.3. The van der Waals surface area contributed by atoms with Crippen molar-refractivity contribution in [2.24, 2.45) is 0 Å². The van der Waals surface area contributed by atoms with E-state index in [2.05, 4.69) is 5.32 Å². The molecule has 0 atom stereocenters. The Morgan fingerprint density at radius 3 is 1.51 bits per heavy atom. The van der Waals surface area contributed by atoms with Gasteiger partial charge in [0.2, 0.25) is 11.8 Å². The first-order valence-electron chi connectivity index (χ1n) is 18.0. The molecule has 1 saturated heterocycles. The minimum Gasteiger partial charge on any atom is -0.480 e. The van der Waals surface area contributed by atoms with E-state index in [4.69, 9.17) is 14.2 Å². The number of rotatable bonds is 9. The number of carbonyl (C=O) groups is 6. The summed E-state index contributed by atoms with van der Waals surface area (Å²) >= 11 is 0. The van der Waals surface area contributed by atoms with Gasteiger partial charge in [-0.1, -0.05) is 0 Å². The Morgan fingerprint density at radius 1 is 0.709 bits per heavy atom. The number of carboxylic acids is 1. The van der Waals surface area contributed by atoms with Crippen molar-refractivity contribution in [3.8, 4) is 0 Å². The average Bonchev–Trinajstić information content (AvgIpc) is 3.00. The average molecular weight is 783 g/mol. The van der Waals surface area contributed by atoms with E-state index in [0.717, 1.165) is 21.7 Å². The van der Waals surface area contributed by atoms with Crippen LogP contribution in [0.5, 0.6) is 0 Å². The summed E-state index contributed by atoms with van der Waals surface area (Å²) in [5.41, 5.74) is -3.93. The molecule has 0 bridgehead atoms. The van der Waals surface area contributed by atoms with Crippen LogP contribution in [0.1, 0.15) is 62.3 Å². The number of aromatic nitrogens is 2. The second-order valence-electron chi connectivity index (χ2n) is 16.0. The van der Waals surface area contributed by atoms with E-state index in [1.54, 1.807) is 67.2 Å². The Bertz CT molecular complexity index is 1580. The van der Waals surface area contributed by atoms with Crippen LogP contribution in [-0.4, -0.2) is 171 Å². The third-order valence-corrected chi connectivity index (χ3v) is 7.56.